The summed E-state index contributed by atoms with van der Waals surface area (Å²) in [5, 5.41) is 2.52. The number of carbonyl (C=O) groups excluding carboxylic acids is 3. The van der Waals surface area contributed by atoms with Gasteiger partial charge in [0.2, 0.25) is 0 Å². The molecular formula is C28H26F2N2O4. The van der Waals surface area contributed by atoms with Crippen LogP contribution in [0.1, 0.15) is 45.7 Å². The molecule has 8 heteroatoms. The summed E-state index contributed by atoms with van der Waals surface area (Å²) in [4.78, 5) is 39.4. The van der Waals surface area contributed by atoms with Crippen LogP contribution in [0.4, 0.5) is 14.5 Å². The predicted molar refractivity (Wildman–Crippen MR) is 131 cm³/mol. The van der Waals surface area contributed by atoms with Crippen molar-refractivity contribution in [3.05, 3.63) is 88.5 Å². The van der Waals surface area contributed by atoms with E-state index in [1.165, 1.54) is 25.0 Å². The maximum atomic E-state index is 14.3. The highest BCUT2D eigenvalue weighted by Gasteiger charge is 2.38. The van der Waals surface area contributed by atoms with Crippen molar-refractivity contribution in [1.29, 1.82) is 0 Å². The third-order valence-corrected chi connectivity index (χ3v) is 6.34. The quantitative estimate of drug-likeness (QED) is 0.471. The van der Waals surface area contributed by atoms with Crippen LogP contribution < -0.4 is 5.32 Å². The Morgan fingerprint density at radius 2 is 1.67 bits per heavy atom. The molecule has 1 aliphatic rings. The summed E-state index contributed by atoms with van der Waals surface area (Å²) in [7, 11) is 1.31. The molecule has 0 bridgehead atoms. The number of amides is 2. The fourth-order valence-electron chi connectivity index (χ4n) is 4.41. The van der Waals surface area contributed by atoms with Crippen LogP contribution in [0.15, 0.2) is 54.6 Å². The number of hydrogen-bond donors (Lipinski definition) is 1. The highest BCUT2D eigenvalue weighted by molar-refractivity contribution is 6.05. The van der Waals surface area contributed by atoms with Crippen LogP contribution in [-0.2, 0) is 16.1 Å². The van der Waals surface area contributed by atoms with Gasteiger partial charge in [-0.3, -0.25) is 9.59 Å². The van der Waals surface area contributed by atoms with E-state index in [0.29, 0.717) is 17.8 Å². The summed E-state index contributed by atoms with van der Waals surface area (Å²) in [6.45, 7) is 5.51. The molecule has 0 radical (unpaired) electrons. The van der Waals surface area contributed by atoms with Gasteiger partial charge in [-0.05, 0) is 59.4 Å². The molecule has 4 rings (SSSR count). The average molecular weight is 493 g/mol. The predicted octanol–water partition coefficient (Wildman–Crippen LogP) is 5.35. The van der Waals surface area contributed by atoms with Crippen LogP contribution in [0, 0.1) is 24.5 Å². The van der Waals surface area contributed by atoms with E-state index in [-0.39, 0.29) is 17.4 Å². The summed E-state index contributed by atoms with van der Waals surface area (Å²) in [6.07, 6.45) is 0. The van der Waals surface area contributed by atoms with Crippen molar-refractivity contribution in [3.8, 4) is 11.1 Å². The van der Waals surface area contributed by atoms with E-state index < -0.39 is 35.1 Å². The van der Waals surface area contributed by atoms with Gasteiger partial charge >= 0.3 is 5.97 Å². The number of hydrogen-bond acceptors (Lipinski definition) is 4. The van der Waals surface area contributed by atoms with Crippen LogP contribution in [0.25, 0.3) is 11.1 Å². The maximum Gasteiger partial charge on any atom is 0.328 e. The van der Waals surface area contributed by atoms with Gasteiger partial charge in [-0.25, -0.2) is 13.6 Å². The molecule has 0 spiro atoms. The zero-order valence-electron chi connectivity index (χ0n) is 20.4. The minimum absolute atomic E-state index is 0.111. The fourth-order valence-corrected chi connectivity index (χ4v) is 4.41. The largest absolute Gasteiger partial charge is 0.467 e. The zero-order chi connectivity index (χ0) is 26.1. The van der Waals surface area contributed by atoms with Gasteiger partial charge in [0.1, 0.15) is 23.2 Å². The Kier molecular flexibility index (Phi) is 6.88. The van der Waals surface area contributed by atoms with E-state index >= 15 is 0 Å². The number of nitrogens with one attached hydrogen (secondary N) is 1. The second-order valence-corrected chi connectivity index (χ2v) is 9.10. The minimum atomic E-state index is -0.934. The number of benzene rings is 3. The van der Waals surface area contributed by atoms with Gasteiger partial charge in [-0.2, -0.15) is 0 Å². The number of ether oxygens (including phenoxy) is 1. The summed E-state index contributed by atoms with van der Waals surface area (Å²) < 4.78 is 33.2. The summed E-state index contributed by atoms with van der Waals surface area (Å²) in [5.41, 5.74) is 2.81. The summed E-state index contributed by atoms with van der Waals surface area (Å²) >= 11 is 0. The van der Waals surface area contributed by atoms with Gasteiger partial charge in [-0.15, -0.1) is 0 Å². The number of carbonyl (C=O) groups is 3. The molecule has 0 saturated carbocycles. The lowest BCUT2D eigenvalue weighted by atomic mass is 10.00. The van der Waals surface area contributed by atoms with Crippen molar-refractivity contribution in [2.24, 2.45) is 5.92 Å². The molecule has 0 saturated heterocycles. The molecule has 1 heterocycles. The van der Waals surface area contributed by atoms with Gasteiger partial charge < -0.3 is 15.0 Å². The summed E-state index contributed by atoms with van der Waals surface area (Å²) in [6, 6.07) is 13.9. The fraction of sp³-hybridized carbons (Fsp3) is 0.250. The third kappa shape index (κ3) is 4.58. The molecule has 3 aromatic rings. The van der Waals surface area contributed by atoms with E-state index in [0.717, 1.165) is 22.8 Å². The molecule has 0 aliphatic carbocycles. The normalized spacial score (nSPS) is 13.5. The molecular weight excluding hydrogens is 466 g/mol. The van der Waals surface area contributed by atoms with E-state index in [2.05, 4.69) is 5.32 Å². The molecule has 0 unspecified atom stereocenters. The van der Waals surface area contributed by atoms with Crippen molar-refractivity contribution in [2.45, 2.75) is 33.4 Å². The van der Waals surface area contributed by atoms with Crippen molar-refractivity contribution in [3.63, 3.8) is 0 Å². The first-order valence-electron chi connectivity index (χ1n) is 11.5. The molecule has 6 nitrogen and oxygen atoms in total. The Bertz CT molecular complexity index is 1350. The number of esters is 1. The highest BCUT2D eigenvalue weighted by Crippen LogP contribution is 2.32. The standard InChI is InChI=1S/C28H26F2N2O4/c1-15(2)25(28(35)36-4)32-14-19-7-6-18(13-21(19)27(32)34)17-8-10-20(11-9-17)31-26(33)23-22(29)12-5-16(3)24(23)30/h5-13,15,25H,14H2,1-4H3,(H,31,33)/t25-/m0/s1. The van der Waals surface area contributed by atoms with Gasteiger partial charge in [0.25, 0.3) is 11.8 Å². The smallest absolute Gasteiger partial charge is 0.328 e. The maximum absolute atomic E-state index is 14.3. The Labute approximate surface area is 207 Å². The minimum Gasteiger partial charge on any atom is -0.467 e. The van der Waals surface area contributed by atoms with E-state index in [1.54, 1.807) is 30.3 Å². The number of methoxy groups -OCH3 is 1. The molecule has 3 aromatic carbocycles. The lowest BCUT2D eigenvalue weighted by Gasteiger charge is -2.28. The van der Waals surface area contributed by atoms with Crippen LogP contribution in [0.3, 0.4) is 0 Å². The second kappa shape index (κ2) is 9.89. The Morgan fingerprint density at radius 3 is 2.31 bits per heavy atom. The Balaban J connectivity index is 1.54. The van der Waals surface area contributed by atoms with Crippen LogP contribution in [-0.4, -0.2) is 35.8 Å². The molecule has 0 aromatic heterocycles. The lowest BCUT2D eigenvalue weighted by Crippen LogP contribution is -2.45. The molecule has 2 amide bonds. The number of aryl methyl sites for hydroxylation is 1. The molecule has 0 fully saturated rings. The number of nitrogens with zero attached hydrogens (tertiary/aromatic N) is 1. The van der Waals surface area contributed by atoms with Crippen LogP contribution >= 0.6 is 0 Å². The van der Waals surface area contributed by atoms with Crippen LogP contribution in [0.2, 0.25) is 0 Å². The highest BCUT2D eigenvalue weighted by atomic mass is 19.1. The Morgan fingerprint density at radius 1 is 1.00 bits per heavy atom. The second-order valence-electron chi connectivity index (χ2n) is 9.10. The van der Waals surface area contributed by atoms with E-state index in [9.17, 15) is 23.2 Å². The number of rotatable bonds is 6. The number of halogens is 2. The zero-order valence-corrected chi connectivity index (χ0v) is 20.4. The Hall–Kier alpha value is -4.07. The topological polar surface area (TPSA) is 75.7 Å². The van der Waals surface area contributed by atoms with E-state index in [4.69, 9.17) is 4.74 Å². The van der Waals surface area contributed by atoms with Crippen molar-refractivity contribution >= 4 is 23.5 Å². The van der Waals surface area contributed by atoms with Gasteiger partial charge in [0.15, 0.2) is 0 Å². The number of fused-ring (bicyclic) bond motifs is 1. The monoisotopic (exact) mass is 492 g/mol. The first-order chi connectivity index (χ1) is 17.1. The first-order valence-corrected chi connectivity index (χ1v) is 11.5. The third-order valence-electron chi connectivity index (χ3n) is 6.34. The van der Waals surface area contributed by atoms with Gasteiger partial charge in [0, 0.05) is 17.8 Å². The molecule has 186 valence electrons. The molecule has 1 aliphatic heterocycles. The van der Waals surface area contributed by atoms with Gasteiger partial charge in [-0.1, -0.05) is 44.2 Å². The molecule has 1 atom stereocenters. The average Bonchev–Trinajstić information content (AvgIpc) is 3.17. The van der Waals surface area contributed by atoms with Crippen molar-refractivity contribution in [2.75, 3.05) is 12.4 Å². The first kappa shape index (κ1) is 25.0. The summed E-state index contributed by atoms with van der Waals surface area (Å²) in [5.74, 6) is -3.50. The molecule has 36 heavy (non-hydrogen) atoms. The number of anilines is 1. The molecule has 1 N–H and O–H groups in total. The van der Waals surface area contributed by atoms with E-state index in [1.807, 2.05) is 26.0 Å². The van der Waals surface area contributed by atoms with Crippen molar-refractivity contribution < 1.29 is 27.9 Å². The SMILES string of the molecule is COC(=O)[C@H](C(C)C)N1Cc2ccc(-c3ccc(NC(=O)c4c(F)ccc(C)c4F)cc3)cc2C1=O. The van der Waals surface area contributed by atoms with Crippen molar-refractivity contribution in [1.82, 2.24) is 4.90 Å². The van der Waals surface area contributed by atoms with Gasteiger partial charge in [0.05, 0.1) is 7.11 Å². The van der Waals surface area contributed by atoms with Crippen LogP contribution in [0.5, 0.6) is 0 Å². The lowest BCUT2D eigenvalue weighted by molar-refractivity contribution is -0.147.